The molecule has 1 N–H and O–H groups in total. The zero-order valence-corrected chi connectivity index (χ0v) is 12.7. The third-order valence-electron chi connectivity index (χ3n) is 5.46. The number of rotatable bonds is 1. The normalized spacial score (nSPS) is 33.9. The molecule has 3 fully saturated rings. The van der Waals surface area contributed by atoms with E-state index in [2.05, 4.69) is 11.9 Å². The van der Waals surface area contributed by atoms with E-state index in [9.17, 15) is 9.59 Å². The molecule has 3 aliphatic heterocycles. The van der Waals surface area contributed by atoms with Crippen molar-refractivity contribution in [2.45, 2.75) is 44.2 Å². The Labute approximate surface area is 125 Å². The molecule has 6 nitrogen and oxygen atoms in total. The van der Waals surface area contributed by atoms with Gasteiger partial charge < -0.3 is 14.9 Å². The lowest BCUT2D eigenvalue weighted by atomic mass is 9.98. The highest BCUT2D eigenvalue weighted by Crippen LogP contribution is 2.29. The summed E-state index contributed by atoms with van der Waals surface area (Å²) in [6.07, 6.45) is 4.93. The number of hydrogen-bond donors (Lipinski definition) is 1. The van der Waals surface area contributed by atoms with Crippen molar-refractivity contribution in [3.8, 4) is 0 Å². The van der Waals surface area contributed by atoms with Gasteiger partial charge in [0.2, 0.25) is 0 Å². The summed E-state index contributed by atoms with van der Waals surface area (Å²) in [6, 6.07) is 1.13. The molecule has 118 valence electrons. The van der Waals surface area contributed by atoms with Crippen LogP contribution in [0, 0.1) is 5.92 Å². The average Bonchev–Trinajstić information content (AvgIpc) is 2.71. The first-order valence-corrected chi connectivity index (χ1v) is 8.05. The monoisotopic (exact) mass is 295 g/mol. The van der Waals surface area contributed by atoms with Gasteiger partial charge >= 0.3 is 12.0 Å². The molecular weight excluding hydrogens is 270 g/mol. The van der Waals surface area contributed by atoms with Gasteiger partial charge in [-0.3, -0.25) is 9.69 Å². The van der Waals surface area contributed by atoms with Crippen LogP contribution in [0.5, 0.6) is 0 Å². The van der Waals surface area contributed by atoms with Crippen molar-refractivity contribution in [3.05, 3.63) is 0 Å². The molecule has 2 amide bonds. The zero-order chi connectivity index (χ0) is 15.0. The lowest BCUT2D eigenvalue weighted by Gasteiger charge is -2.36. The van der Waals surface area contributed by atoms with E-state index >= 15 is 0 Å². The molecule has 3 aliphatic rings. The zero-order valence-electron chi connectivity index (χ0n) is 12.7. The van der Waals surface area contributed by atoms with E-state index in [0.717, 1.165) is 25.9 Å². The van der Waals surface area contributed by atoms with Crippen molar-refractivity contribution >= 4 is 12.0 Å². The molecule has 0 radical (unpaired) electrons. The lowest BCUT2D eigenvalue weighted by Crippen LogP contribution is -2.50. The van der Waals surface area contributed by atoms with Crippen molar-refractivity contribution < 1.29 is 14.7 Å². The molecule has 3 saturated heterocycles. The third-order valence-corrected chi connectivity index (χ3v) is 5.46. The number of fused-ring (bicyclic) bond motifs is 2. The highest BCUT2D eigenvalue weighted by Gasteiger charge is 2.38. The van der Waals surface area contributed by atoms with E-state index in [1.807, 2.05) is 4.90 Å². The van der Waals surface area contributed by atoms with Gasteiger partial charge in [-0.15, -0.1) is 0 Å². The fourth-order valence-electron chi connectivity index (χ4n) is 4.03. The summed E-state index contributed by atoms with van der Waals surface area (Å²) in [5.74, 6) is -1.17. The van der Waals surface area contributed by atoms with Crippen molar-refractivity contribution in [1.82, 2.24) is 14.7 Å². The van der Waals surface area contributed by atoms with E-state index in [1.54, 1.807) is 4.90 Å². The van der Waals surface area contributed by atoms with Gasteiger partial charge in [0.05, 0.1) is 5.92 Å². The number of likely N-dealkylation sites (tertiary alicyclic amines) is 2. The number of carbonyl (C=O) groups excluding carboxylic acids is 1. The van der Waals surface area contributed by atoms with Crippen LogP contribution in [0.25, 0.3) is 0 Å². The van der Waals surface area contributed by atoms with Crippen LogP contribution in [0.15, 0.2) is 0 Å². The van der Waals surface area contributed by atoms with Crippen LogP contribution in [0.3, 0.4) is 0 Å². The molecule has 2 bridgehead atoms. The van der Waals surface area contributed by atoms with Crippen LogP contribution in [0.2, 0.25) is 0 Å². The number of aliphatic carboxylic acids is 1. The van der Waals surface area contributed by atoms with E-state index in [4.69, 9.17) is 5.11 Å². The number of hydrogen-bond acceptors (Lipinski definition) is 3. The van der Waals surface area contributed by atoms with Gasteiger partial charge in [0, 0.05) is 38.3 Å². The summed E-state index contributed by atoms with van der Waals surface area (Å²) in [7, 11) is 2.16. The van der Waals surface area contributed by atoms with Crippen LogP contribution in [-0.4, -0.2) is 77.1 Å². The Kier molecular flexibility index (Phi) is 4.06. The van der Waals surface area contributed by atoms with Gasteiger partial charge in [0.1, 0.15) is 0 Å². The van der Waals surface area contributed by atoms with Crippen LogP contribution in [0.1, 0.15) is 32.1 Å². The first kappa shape index (κ1) is 14.6. The van der Waals surface area contributed by atoms with Gasteiger partial charge in [-0.2, -0.15) is 0 Å². The summed E-state index contributed by atoms with van der Waals surface area (Å²) >= 11 is 0. The maximum atomic E-state index is 12.7. The third kappa shape index (κ3) is 2.86. The minimum Gasteiger partial charge on any atom is -0.481 e. The fraction of sp³-hybridized carbons (Fsp3) is 0.867. The predicted molar refractivity (Wildman–Crippen MR) is 78.1 cm³/mol. The van der Waals surface area contributed by atoms with E-state index in [-0.39, 0.29) is 6.03 Å². The molecule has 6 heteroatoms. The molecule has 0 aromatic heterocycles. The number of piperidine rings is 1. The quantitative estimate of drug-likeness (QED) is 0.786. The second kappa shape index (κ2) is 5.83. The Bertz CT molecular complexity index is 428. The van der Waals surface area contributed by atoms with Crippen molar-refractivity contribution in [2.24, 2.45) is 5.92 Å². The predicted octanol–water partition coefficient (Wildman–Crippen LogP) is 1.07. The second-order valence-corrected chi connectivity index (χ2v) is 6.69. The molecule has 2 unspecified atom stereocenters. The van der Waals surface area contributed by atoms with Crippen molar-refractivity contribution in [2.75, 3.05) is 33.2 Å². The van der Waals surface area contributed by atoms with E-state index in [0.29, 0.717) is 31.6 Å². The van der Waals surface area contributed by atoms with Gasteiger partial charge in [0.15, 0.2) is 0 Å². The first-order valence-electron chi connectivity index (χ1n) is 8.05. The molecule has 0 aliphatic carbocycles. The SMILES string of the molecule is CN1C2CCC1CN(C(=O)N1CCC[C@H](C(=O)O)C1)CC2. The Balaban J connectivity index is 1.63. The van der Waals surface area contributed by atoms with Gasteiger partial charge in [0.25, 0.3) is 0 Å². The Morgan fingerprint density at radius 2 is 1.67 bits per heavy atom. The number of nitrogens with zero attached hydrogens (tertiary/aromatic N) is 3. The number of urea groups is 1. The molecule has 0 saturated carbocycles. The fourth-order valence-corrected chi connectivity index (χ4v) is 4.03. The maximum Gasteiger partial charge on any atom is 0.320 e. The lowest BCUT2D eigenvalue weighted by molar-refractivity contribution is -0.143. The van der Waals surface area contributed by atoms with Crippen molar-refractivity contribution in [3.63, 3.8) is 0 Å². The summed E-state index contributed by atoms with van der Waals surface area (Å²) in [5, 5.41) is 9.16. The standard InChI is InChI=1S/C15H25N3O3/c1-16-12-4-5-13(16)10-18(8-6-12)15(21)17-7-2-3-11(9-17)14(19)20/h11-13H,2-10H2,1H3,(H,19,20)/t11-,12?,13?/m0/s1. The van der Waals surface area contributed by atoms with Crippen LogP contribution >= 0.6 is 0 Å². The summed E-state index contributed by atoms with van der Waals surface area (Å²) in [4.78, 5) is 30.0. The largest absolute Gasteiger partial charge is 0.481 e. The number of carbonyl (C=O) groups is 2. The average molecular weight is 295 g/mol. The molecule has 3 heterocycles. The molecule has 0 spiro atoms. The van der Waals surface area contributed by atoms with E-state index < -0.39 is 11.9 Å². The Hall–Kier alpha value is -1.30. The van der Waals surface area contributed by atoms with Gasteiger partial charge in [-0.1, -0.05) is 0 Å². The minimum absolute atomic E-state index is 0.0434. The molecule has 3 atom stereocenters. The van der Waals surface area contributed by atoms with Gasteiger partial charge in [-0.05, 0) is 39.2 Å². The minimum atomic E-state index is -0.776. The topological polar surface area (TPSA) is 64.1 Å². The molecule has 0 aromatic rings. The second-order valence-electron chi connectivity index (χ2n) is 6.69. The highest BCUT2D eigenvalue weighted by molar-refractivity contribution is 5.76. The molecular formula is C15H25N3O3. The van der Waals surface area contributed by atoms with Crippen LogP contribution in [-0.2, 0) is 4.79 Å². The Morgan fingerprint density at radius 3 is 2.43 bits per heavy atom. The first-order chi connectivity index (χ1) is 10.1. The molecule has 3 rings (SSSR count). The summed E-state index contributed by atoms with van der Waals surface area (Å²) in [6.45, 7) is 2.66. The summed E-state index contributed by atoms with van der Waals surface area (Å²) in [5.41, 5.74) is 0. The molecule has 21 heavy (non-hydrogen) atoms. The molecule has 0 aromatic carbocycles. The van der Waals surface area contributed by atoms with E-state index in [1.165, 1.54) is 12.8 Å². The van der Waals surface area contributed by atoms with Gasteiger partial charge in [-0.25, -0.2) is 4.79 Å². The number of carboxylic acid groups (broad SMARTS) is 1. The van der Waals surface area contributed by atoms with Crippen LogP contribution in [0.4, 0.5) is 4.79 Å². The number of amides is 2. The maximum absolute atomic E-state index is 12.7. The summed E-state index contributed by atoms with van der Waals surface area (Å²) < 4.78 is 0. The number of carboxylic acids is 1. The smallest absolute Gasteiger partial charge is 0.320 e. The Morgan fingerprint density at radius 1 is 0.952 bits per heavy atom. The number of likely N-dealkylation sites (N-methyl/N-ethyl adjacent to an activating group) is 1. The van der Waals surface area contributed by atoms with Crippen molar-refractivity contribution in [1.29, 1.82) is 0 Å². The van der Waals surface area contributed by atoms with Crippen LogP contribution < -0.4 is 0 Å². The highest BCUT2D eigenvalue weighted by atomic mass is 16.4.